The monoisotopic (exact) mass is 452 g/mol. The van der Waals surface area contributed by atoms with Crippen molar-refractivity contribution in [3.05, 3.63) is 78.2 Å². The van der Waals surface area contributed by atoms with Gasteiger partial charge < -0.3 is 9.47 Å². The summed E-state index contributed by atoms with van der Waals surface area (Å²) in [5.41, 5.74) is 3.14. The normalized spacial score (nSPS) is 16.0. The number of allylic oxidation sites excluding steroid dienone is 1. The van der Waals surface area contributed by atoms with Crippen molar-refractivity contribution >= 4 is 23.4 Å². The Balaban J connectivity index is 1.95. The van der Waals surface area contributed by atoms with Crippen molar-refractivity contribution in [1.29, 1.82) is 0 Å². The summed E-state index contributed by atoms with van der Waals surface area (Å²) in [4.78, 5) is 31.5. The van der Waals surface area contributed by atoms with Crippen molar-refractivity contribution < 1.29 is 14.3 Å². The lowest BCUT2D eigenvalue weighted by molar-refractivity contribution is -0.139. The average molecular weight is 453 g/mol. The number of carbonyl (C=O) groups is 1. The van der Waals surface area contributed by atoms with Crippen LogP contribution in [0.25, 0.3) is 6.08 Å². The number of aryl methyl sites for hydroxylation is 2. The smallest absolute Gasteiger partial charge is 0.338 e. The second-order valence-electron chi connectivity index (χ2n) is 7.42. The van der Waals surface area contributed by atoms with Crippen LogP contribution in [0.2, 0.25) is 0 Å². The topological polar surface area (TPSA) is 87.7 Å². The number of nitrogens with zero attached hydrogens (tertiary/aromatic N) is 4. The first-order valence-corrected chi connectivity index (χ1v) is 11.0. The third-order valence-electron chi connectivity index (χ3n) is 5.29. The summed E-state index contributed by atoms with van der Waals surface area (Å²) < 4.78 is 14.4. The zero-order valence-electron chi connectivity index (χ0n) is 18.6. The molecule has 0 radical (unpaired) electrons. The quantitative estimate of drug-likeness (QED) is 0.552. The molecule has 2 aromatic heterocycles. The van der Waals surface area contributed by atoms with Crippen LogP contribution in [0.4, 0.5) is 0 Å². The van der Waals surface area contributed by atoms with Crippen molar-refractivity contribution in [1.82, 2.24) is 14.3 Å². The standard InChI is InChI=1S/C23H24N4O4S/c1-6-31-22(29)19-14(3)24-23-27(20(19)15-7-9-17(30-5)10-8-15)21(28)18(32-23)11-16-12-26(4)25-13(16)2/h7-12,20H,6H2,1-5H3/b18-11-. The van der Waals surface area contributed by atoms with Crippen LogP contribution in [0.1, 0.15) is 36.7 Å². The van der Waals surface area contributed by atoms with Crippen LogP contribution in [0.3, 0.4) is 0 Å². The molecule has 166 valence electrons. The van der Waals surface area contributed by atoms with Crippen molar-refractivity contribution in [3.63, 3.8) is 0 Å². The predicted octanol–water partition coefficient (Wildman–Crippen LogP) is 1.85. The molecular formula is C23H24N4O4S. The summed E-state index contributed by atoms with van der Waals surface area (Å²) in [6, 6.07) is 6.67. The fourth-order valence-corrected chi connectivity index (χ4v) is 4.83. The van der Waals surface area contributed by atoms with E-state index in [1.54, 1.807) is 30.2 Å². The number of esters is 1. The zero-order chi connectivity index (χ0) is 23.0. The van der Waals surface area contributed by atoms with E-state index in [0.717, 1.165) is 16.8 Å². The summed E-state index contributed by atoms with van der Waals surface area (Å²) >= 11 is 1.29. The Kier molecular flexibility index (Phi) is 5.84. The van der Waals surface area contributed by atoms with Gasteiger partial charge in [-0.2, -0.15) is 5.10 Å². The molecule has 9 heteroatoms. The number of ether oxygens (including phenoxy) is 2. The lowest BCUT2D eigenvalue weighted by Gasteiger charge is -2.24. The molecule has 32 heavy (non-hydrogen) atoms. The zero-order valence-corrected chi connectivity index (χ0v) is 19.4. The van der Waals surface area contributed by atoms with Gasteiger partial charge in [0.1, 0.15) is 5.75 Å². The van der Waals surface area contributed by atoms with Gasteiger partial charge in [0.25, 0.3) is 5.56 Å². The second kappa shape index (κ2) is 8.58. The highest BCUT2D eigenvalue weighted by Gasteiger charge is 2.33. The molecule has 1 aliphatic rings. The number of fused-ring (bicyclic) bond motifs is 1. The first-order chi connectivity index (χ1) is 15.3. The minimum Gasteiger partial charge on any atom is -0.497 e. The number of aromatic nitrogens is 3. The predicted molar refractivity (Wildman–Crippen MR) is 121 cm³/mol. The molecule has 3 heterocycles. The number of rotatable bonds is 5. The Morgan fingerprint density at radius 3 is 2.56 bits per heavy atom. The van der Waals surface area contributed by atoms with E-state index in [-0.39, 0.29) is 12.2 Å². The van der Waals surface area contributed by atoms with Gasteiger partial charge in [-0.1, -0.05) is 23.5 Å². The largest absolute Gasteiger partial charge is 0.497 e. The summed E-state index contributed by atoms with van der Waals surface area (Å²) in [6.45, 7) is 5.65. The number of benzene rings is 1. The summed E-state index contributed by atoms with van der Waals surface area (Å²) in [6.07, 6.45) is 3.68. The van der Waals surface area contributed by atoms with E-state index in [1.165, 1.54) is 11.3 Å². The molecule has 0 fully saturated rings. The molecule has 0 aliphatic carbocycles. The second-order valence-corrected chi connectivity index (χ2v) is 8.43. The molecular weight excluding hydrogens is 428 g/mol. The number of hydrogen-bond donors (Lipinski definition) is 0. The SMILES string of the molecule is CCOC(=O)C1=C(C)N=c2s/c(=C\c3cn(C)nc3C)c(=O)n2C1c1ccc(OC)cc1. The molecule has 3 aromatic rings. The number of methoxy groups -OCH3 is 1. The van der Waals surface area contributed by atoms with Crippen molar-refractivity contribution in [3.8, 4) is 5.75 Å². The molecule has 0 N–H and O–H groups in total. The first-order valence-electron chi connectivity index (χ1n) is 10.2. The van der Waals surface area contributed by atoms with Gasteiger partial charge in [0.15, 0.2) is 4.80 Å². The Morgan fingerprint density at radius 1 is 1.25 bits per heavy atom. The van der Waals surface area contributed by atoms with Crippen molar-refractivity contribution in [2.75, 3.05) is 13.7 Å². The fourth-order valence-electron chi connectivity index (χ4n) is 3.79. The summed E-state index contributed by atoms with van der Waals surface area (Å²) in [5.74, 6) is 0.207. The van der Waals surface area contributed by atoms with E-state index >= 15 is 0 Å². The van der Waals surface area contributed by atoms with Crippen LogP contribution in [0, 0.1) is 6.92 Å². The summed E-state index contributed by atoms with van der Waals surface area (Å²) in [5, 5.41) is 4.34. The molecule has 8 nitrogen and oxygen atoms in total. The van der Waals surface area contributed by atoms with Crippen LogP contribution in [-0.4, -0.2) is 34.0 Å². The Hall–Kier alpha value is -3.46. The molecule has 1 atom stereocenters. The third kappa shape index (κ3) is 3.80. The van der Waals surface area contributed by atoms with E-state index in [4.69, 9.17) is 9.47 Å². The molecule has 0 spiro atoms. The van der Waals surface area contributed by atoms with E-state index in [1.807, 2.05) is 50.5 Å². The van der Waals surface area contributed by atoms with Crippen molar-refractivity contribution in [2.45, 2.75) is 26.8 Å². The molecule has 1 aliphatic heterocycles. The van der Waals surface area contributed by atoms with E-state index in [0.29, 0.717) is 26.4 Å². The maximum absolute atomic E-state index is 13.5. The van der Waals surface area contributed by atoms with Crippen LogP contribution in [-0.2, 0) is 16.6 Å². The molecule has 4 rings (SSSR count). The molecule has 0 amide bonds. The highest BCUT2D eigenvalue weighted by molar-refractivity contribution is 7.07. The Morgan fingerprint density at radius 2 is 1.97 bits per heavy atom. The van der Waals surface area contributed by atoms with Gasteiger partial charge in [-0.25, -0.2) is 9.79 Å². The van der Waals surface area contributed by atoms with Gasteiger partial charge in [0.2, 0.25) is 0 Å². The molecule has 1 unspecified atom stereocenters. The Labute approximate surface area is 188 Å². The van der Waals surface area contributed by atoms with Gasteiger partial charge in [0, 0.05) is 18.8 Å². The number of carbonyl (C=O) groups excluding carboxylic acids is 1. The number of thiazole rings is 1. The molecule has 0 bridgehead atoms. The Bertz CT molecular complexity index is 1390. The maximum atomic E-state index is 13.5. The number of hydrogen-bond acceptors (Lipinski definition) is 7. The van der Waals surface area contributed by atoms with Crippen LogP contribution in [0.5, 0.6) is 5.75 Å². The van der Waals surface area contributed by atoms with Gasteiger partial charge in [-0.3, -0.25) is 14.0 Å². The minimum absolute atomic E-state index is 0.216. The minimum atomic E-state index is -0.645. The van der Waals surface area contributed by atoms with E-state index in [2.05, 4.69) is 10.1 Å². The highest BCUT2D eigenvalue weighted by Crippen LogP contribution is 2.31. The van der Waals surface area contributed by atoms with Gasteiger partial charge in [0.05, 0.1) is 41.3 Å². The third-order valence-corrected chi connectivity index (χ3v) is 6.27. The van der Waals surface area contributed by atoms with Crippen LogP contribution >= 0.6 is 11.3 Å². The first kappa shape index (κ1) is 21.8. The average Bonchev–Trinajstić information content (AvgIpc) is 3.24. The maximum Gasteiger partial charge on any atom is 0.338 e. The molecule has 0 saturated carbocycles. The van der Waals surface area contributed by atoms with E-state index in [9.17, 15) is 9.59 Å². The van der Waals surface area contributed by atoms with Gasteiger partial charge in [-0.05, 0) is 44.5 Å². The van der Waals surface area contributed by atoms with Gasteiger partial charge in [-0.15, -0.1) is 0 Å². The van der Waals surface area contributed by atoms with Gasteiger partial charge >= 0.3 is 5.97 Å². The van der Waals surface area contributed by atoms with E-state index < -0.39 is 12.0 Å². The van der Waals surface area contributed by atoms with Crippen LogP contribution < -0.4 is 19.6 Å². The van der Waals surface area contributed by atoms with Crippen molar-refractivity contribution in [2.24, 2.45) is 12.0 Å². The molecule has 0 saturated heterocycles. The summed E-state index contributed by atoms with van der Waals surface area (Å²) in [7, 11) is 3.43. The lowest BCUT2D eigenvalue weighted by Crippen LogP contribution is -2.39. The van der Waals surface area contributed by atoms with Crippen LogP contribution in [0.15, 0.2) is 51.5 Å². The lowest BCUT2D eigenvalue weighted by atomic mass is 9.96. The molecule has 1 aromatic carbocycles. The fraction of sp³-hybridized carbons (Fsp3) is 0.304. The highest BCUT2D eigenvalue weighted by atomic mass is 32.1.